The highest BCUT2D eigenvalue weighted by molar-refractivity contribution is 7.14. The van der Waals surface area contributed by atoms with E-state index in [-0.39, 0.29) is 11.9 Å². The van der Waals surface area contributed by atoms with Crippen molar-refractivity contribution in [3.8, 4) is 6.07 Å². The van der Waals surface area contributed by atoms with E-state index in [0.29, 0.717) is 29.2 Å². The van der Waals surface area contributed by atoms with Crippen molar-refractivity contribution >= 4 is 28.2 Å². The molecule has 0 saturated carbocycles. The van der Waals surface area contributed by atoms with Crippen LogP contribution in [-0.2, 0) is 4.74 Å². The van der Waals surface area contributed by atoms with Crippen molar-refractivity contribution in [2.75, 3.05) is 57.8 Å². The molecule has 2 aromatic rings. The van der Waals surface area contributed by atoms with Gasteiger partial charge in [-0.2, -0.15) is 5.26 Å². The first-order valence-corrected chi connectivity index (χ1v) is 13.0. The Morgan fingerprint density at radius 2 is 1.97 bits per heavy atom. The molecular weight excluding hydrogens is 450 g/mol. The zero-order valence-corrected chi connectivity index (χ0v) is 20.2. The maximum atomic E-state index is 13.0. The first-order chi connectivity index (χ1) is 16.7. The number of nitrogens with zero attached hydrogens (tertiary/aromatic N) is 6. The summed E-state index contributed by atoms with van der Waals surface area (Å²) in [5, 5.41) is 14.8. The second kappa shape index (κ2) is 10.8. The molecule has 2 aromatic heterocycles. The molecule has 0 radical (unpaired) electrons. The van der Waals surface area contributed by atoms with Gasteiger partial charge in [-0.15, -0.1) is 11.3 Å². The van der Waals surface area contributed by atoms with E-state index in [1.54, 1.807) is 0 Å². The van der Waals surface area contributed by atoms with E-state index >= 15 is 0 Å². The minimum absolute atomic E-state index is 0.00420. The van der Waals surface area contributed by atoms with Gasteiger partial charge >= 0.3 is 0 Å². The van der Waals surface area contributed by atoms with Crippen LogP contribution in [0, 0.1) is 11.3 Å². The Morgan fingerprint density at radius 3 is 2.76 bits per heavy atom. The van der Waals surface area contributed by atoms with Crippen LogP contribution in [0.2, 0.25) is 0 Å². The summed E-state index contributed by atoms with van der Waals surface area (Å²) >= 11 is 1.42. The van der Waals surface area contributed by atoms with Crippen LogP contribution in [0.1, 0.15) is 47.9 Å². The zero-order chi connectivity index (χ0) is 23.3. The molecule has 180 valence electrons. The van der Waals surface area contributed by atoms with E-state index in [0.717, 1.165) is 77.3 Å². The van der Waals surface area contributed by atoms with Gasteiger partial charge in [0.05, 0.1) is 37.6 Å². The Kier molecular flexibility index (Phi) is 7.35. The summed E-state index contributed by atoms with van der Waals surface area (Å²) < 4.78 is 5.46. The zero-order valence-electron chi connectivity index (χ0n) is 19.4. The summed E-state index contributed by atoms with van der Waals surface area (Å²) in [6.45, 7) is 6.49. The minimum Gasteiger partial charge on any atom is -0.379 e. The van der Waals surface area contributed by atoms with Crippen molar-refractivity contribution in [1.82, 2.24) is 24.7 Å². The number of anilines is 2. The van der Waals surface area contributed by atoms with Crippen LogP contribution in [0.5, 0.6) is 0 Å². The highest BCUT2D eigenvalue weighted by Crippen LogP contribution is 2.31. The summed E-state index contributed by atoms with van der Waals surface area (Å²) in [5.74, 6) is 0.713. The van der Waals surface area contributed by atoms with Gasteiger partial charge in [-0.25, -0.2) is 9.97 Å². The molecule has 3 fully saturated rings. The fourth-order valence-corrected chi connectivity index (χ4v) is 5.92. The number of morpholine rings is 1. The summed E-state index contributed by atoms with van der Waals surface area (Å²) in [4.78, 5) is 29.0. The summed E-state index contributed by atoms with van der Waals surface area (Å²) in [6.07, 6.45) is 4.09. The van der Waals surface area contributed by atoms with E-state index in [4.69, 9.17) is 15.0 Å². The molecule has 3 saturated heterocycles. The molecule has 0 spiro atoms. The number of thiazole rings is 1. The Labute approximate surface area is 204 Å². The van der Waals surface area contributed by atoms with E-state index in [2.05, 4.69) is 26.2 Å². The SMILES string of the molecule is N#CCN1CCC[C@@H]1c1cccc(Nc2nc(C(=O)N3CCC(N4CCOCC4)CC3)cs2)n1. The normalized spacial score (nSPS) is 22.6. The summed E-state index contributed by atoms with van der Waals surface area (Å²) in [5.41, 5.74) is 1.46. The topological polar surface area (TPSA) is 97.6 Å². The molecule has 3 aliphatic heterocycles. The van der Waals surface area contributed by atoms with Crippen molar-refractivity contribution in [2.45, 2.75) is 37.8 Å². The summed E-state index contributed by atoms with van der Waals surface area (Å²) in [7, 11) is 0. The van der Waals surface area contributed by atoms with Crippen molar-refractivity contribution in [2.24, 2.45) is 0 Å². The van der Waals surface area contributed by atoms with Crippen LogP contribution in [0.15, 0.2) is 23.6 Å². The van der Waals surface area contributed by atoms with Crippen LogP contribution in [0.4, 0.5) is 10.9 Å². The third-order valence-corrected chi connectivity index (χ3v) is 7.78. The average Bonchev–Trinajstić information content (AvgIpc) is 3.55. The van der Waals surface area contributed by atoms with Crippen molar-refractivity contribution in [1.29, 1.82) is 5.26 Å². The van der Waals surface area contributed by atoms with Crippen LogP contribution >= 0.6 is 11.3 Å². The monoisotopic (exact) mass is 481 g/mol. The molecule has 10 heteroatoms. The number of pyridine rings is 1. The molecule has 0 unspecified atom stereocenters. The number of amides is 1. The number of aromatic nitrogens is 2. The van der Waals surface area contributed by atoms with Gasteiger partial charge in [0.2, 0.25) is 0 Å². The molecule has 5 heterocycles. The Morgan fingerprint density at radius 1 is 1.15 bits per heavy atom. The second-order valence-corrected chi connectivity index (χ2v) is 9.93. The van der Waals surface area contributed by atoms with Gasteiger partial charge in [0.25, 0.3) is 5.91 Å². The standard InChI is InChI=1S/C24H31N7O2S/c25-8-12-30-9-2-4-21(30)19-3-1-5-22(26-19)28-24-27-20(17-34-24)23(32)31-10-6-18(7-11-31)29-13-15-33-16-14-29/h1,3,5,17-18,21H,2,4,6-7,9-16H2,(H,26,27,28)/t21-/m1/s1. The summed E-state index contributed by atoms with van der Waals surface area (Å²) in [6, 6.07) is 8.88. The molecule has 0 aromatic carbocycles. The van der Waals surface area contributed by atoms with E-state index in [1.165, 1.54) is 11.3 Å². The quantitative estimate of drug-likeness (QED) is 0.629. The first-order valence-electron chi connectivity index (χ1n) is 12.1. The van der Waals surface area contributed by atoms with Crippen LogP contribution in [0.3, 0.4) is 0 Å². The number of ether oxygens (including phenoxy) is 1. The molecule has 1 amide bonds. The molecule has 34 heavy (non-hydrogen) atoms. The number of hydrogen-bond acceptors (Lipinski definition) is 9. The second-order valence-electron chi connectivity index (χ2n) is 9.07. The third kappa shape index (κ3) is 5.23. The number of carbonyl (C=O) groups excluding carboxylic acids is 1. The molecular formula is C24H31N7O2S. The highest BCUT2D eigenvalue weighted by atomic mass is 32.1. The average molecular weight is 482 g/mol. The maximum Gasteiger partial charge on any atom is 0.273 e. The molecule has 9 nitrogen and oxygen atoms in total. The molecule has 1 N–H and O–H groups in total. The lowest BCUT2D eigenvalue weighted by molar-refractivity contribution is 0.00154. The molecule has 3 aliphatic rings. The maximum absolute atomic E-state index is 13.0. The van der Waals surface area contributed by atoms with Crippen molar-refractivity contribution in [3.63, 3.8) is 0 Å². The largest absolute Gasteiger partial charge is 0.379 e. The van der Waals surface area contributed by atoms with Crippen molar-refractivity contribution in [3.05, 3.63) is 35.0 Å². The van der Waals surface area contributed by atoms with Gasteiger partial charge in [0.15, 0.2) is 5.13 Å². The minimum atomic E-state index is 0.00420. The lowest BCUT2D eigenvalue weighted by Crippen LogP contribution is -2.50. The number of nitrogens with one attached hydrogen (secondary N) is 1. The molecule has 5 rings (SSSR count). The number of piperidine rings is 1. The van der Waals surface area contributed by atoms with Crippen LogP contribution in [0.25, 0.3) is 0 Å². The Balaban J connectivity index is 1.18. The molecule has 1 atom stereocenters. The van der Waals surface area contributed by atoms with Crippen LogP contribution < -0.4 is 5.32 Å². The van der Waals surface area contributed by atoms with Gasteiger partial charge in [-0.05, 0) is 44.4 Å². The van der Waals surface area contributed by atoms with Gasteiger partial charge in [-0.1, -0.05) is 6.07 Å². The first kappa shape index (κ1) is 23.2. The van der Waals surface area contributed by atoms with Gasteiger partial charge in [-0.3, -0.25) is 14.6 Å². The third-order valence-electron chi connectivity index (χ3n) is 7.02. The van der Waals surface area contributed by atoms with E-state index in [1.807, 2.05) is 28.5 Å². The number of nitriles is 1. The van der Waals surface area contributed by atoms with E-state index in [9.17, 15) is 4.79 Å². The number of likely N-dealkylation sites (tertiary alicyclic amines) is 2. The smallest absolute Gasteiger partial charge is 0.273 e. The molecule has 0 bridgehead atoms. The fraction of sp³-hybridized carbons (Fsp3) is 0.583. The number of hydrogen-bond donors (Lipinski definition) is 1. The predicted molar refractivity (Wildman–Crippen MR) is 130 cm³/mol. The molecule has 0 aliphatic carbocycles. The lowest BCUT2D eigenvalue weighted by Gasteiger charge is -2.39. The highest BCUT2D eigenvalue weighted by Gasteiger charge is 2.29. The van der Waals surface area contributed by atoms with Crippen LogP contribution in [-0.4, -0.2) is 89.1 Å². The fourth-order valence-electron chi connectivity index (χ4n) is 5.23. The van der Waals surface area contributed by atoms with Gasteiger partial charge < -0.3 is 15.0 Å². The van der Waals surface area contributed by atoms with Crippen molar-refractivity contribution < 1.29 is 9.53 Å². The van der Waals surface area contributed by atoms with E-state index < -0.39 is 0 Å². The number of carbonyl (C=O) groups is 1. The Bertz CT molecular complexity index is 1020. The van der Waals surface area contributed by atoms with Gasteiger partial charge in [0.1, 0.15) is 11.5 Å². The number of rotatable bonds is 6. The lowest BCUT2D eigenvalue weighted by atomic mass is 10.0. The predicted octanol–water partition coefficient (Wildman–Crippen LogP) is 2.88. The Hall–Kier alpha value is -2.58. The van der Waals surface area contributed by atoms with Gasteiger partial charge in [0, 0.05) is 37.6 Å².